The van der Waals surface area contributed by atoms with Gasteiger partial charge >= 0.3 is 0 Å². The van der Waals surface area contributed by atoms with Gasteiger partial charge in [0, 0.05) is 32.1 Å². The van der Waals surface area contributed by atoms with Gasteiger partial charge in [-0.25, -0.2) is 4.99 Å². The van der Waals surface area contributed by atoms with Crippen molar-refractivity contribution in [3.05, 3.63) is 57.8 Å². The molecular formula is C21H30N4OS. The summed E-state index contributed by atoms with van der Waals surface area (Å²) in [5.74, 6) is 1.01. The standard InChI is InChI=1S/C21H30N4OS/c1-16-7-9-18(10-8-16)17(2)14-23-21(24-15-20(26)25(3)4)22-12-11-19-6-5-13-27-19/h5-10,13,17H,11-12,14-15H2,1-4H3,(H2,22,23,24). The van der Waals surface area contributed by atoms with Gasteiger partial charge < -0.3 is 15.5 Å². The Balaban J connectivity index is 1.92. The van der Waals surface area contributed by atoms with E-state index in [4.69, 9.17) is 0 Å². The molecule has 1 aromatic heterocycles. The number of rotatable bonds is 8. The van der Waals surface area contributed by atoms with Crippen LogP contribution in [0.1, 0.15) is 28.8 Å². The number of carbonyl (C=O) groups excluding carboxylic acids is 1. The Morgan fingerprint density at radius 2 is 1.93 bits per heavy atom. The molecule has 2 aromatic rings. The predicted molar refractivity (Wildman–Crippen MR) is 115 cm³/mol. The van der Waals surface area contributed by atoms with Crippen LogP contribution in [-0.2, 0) is 11.2 Å². The number of benzene rings is 1. The summed E-state index contributed by atoms with van der Waals surface area (Å²) in [6.07, 6.45) is 0.938. The van der Waals surface area contributed by atoms with Crippen LogP contribution in [0.15, 0.2) is 46.8 Å². The molecule has 146 valence electrons. The van der Waals surface area contributed by atoms with Gasteiger partial charge in [-0.15, -0.1) is 11.3 Å². The first-order valence-corrected chi connectivity index (χ1v) is 10.1. The van der Waals surface area contributed by atoms with Gasteiger partial charge in [-0.05, 0) is 36.3 Å². The van der Waals surface area contributed by atoms with Crippen molar-refractivity contribution in [1.82, 2.24) is 15.5 Å². The van der Waals surface area contributed by atoms with E-state index >= 15 is 0 Å². The van der Waals surface area contributed by atoms with Crippen LogP contribution in [0.25, 0.3) is 0 Å². The van der Waals surface area contributed by atoms with Crippen molar-refractivity contribution >= 4 is 23.2 Å². The van der Waals surface area contributed by atoms with Crippen molar-refractivity contribution in [2.24, 2.45) is 4.99 Å². The van der Waals surface area contributed by atoms with Gasteiger partial charge in [-0.3, -0.25) is 4.79 Å². The summed E-state index contributed by atoms with van der Waals surface area (Å²) in [7, 11) is 3.49. The van der Waals surface area contributed by atoms with Crippen LogP contribution in [-0.4, -0.2) is 50.5 Å². The molecular weight excluding hydrogens is 356 g/mol. The second-order valence-corrected chi connectivity index (χ2v) is 7.93. The molecule has 5 nitrogen and oxygen atoms in total. The normalized spacial score (nSPS) is 12.5. The zero-order valence-corrected chi connectivity index (χ0v) is 17.5. The maximum absolute atomic E-state index is 11.9. The third-order valence-corrected chi connectivity index (χ3v) is 5.27. The number of thiophene rings is 1. The predicted octanol–water partition coefficient (Wildman–Crippen LogP) is 3.03. The number of carbonyl (C=O) groups is 1. The summed E-state index contributed by atoms with van der Waals surface area (Å²) in [5, 5.41) is 8.81. The molecule has 1 atom stereocenters. The van der Waals surface area contributed by atoms with Crippen molar-refractivity contribution in [2.45, 2.75) is 26.2 Å². The zero-order valence-electron chi connectivity index (χ0n) is 16.7. The Kier molecular flexibility index (Phi) is 8.33. The second-order valence-electron chi connectivity index (χ2n) is 6.90. The number of guanidine groups is 1. The Hall–Kier alpha value is -2.34. The smallest absolute Gasteiger partial charge is 0.243 e. The van der Waals surface area contributed by atoms with Gasteiger partial charge in [0.25, 0.3) is 0 Å². The number of nitrogens with one attached hydrogen (secondary N) is 2. The van der Waals surface area contributed by atoms with Gasteiger partial charge in [0.05, 0.1) is 0 Å². The van der Waals surface area contributed by atoms with Crippen molar-refractivity contribution < 1.29 is 4.79 Å². The molecule has 2 N–H and O–H groups in total. The van der Waals surface area contributed by atoms with Gasteiger partial charge in [-0.2, -0.15) is 0 Å². The van der Waals surface area contributed by atoms with Crippen LogP contribution in [0.5, 0.6) is 0 Å². The van der Waals surface area contributed by atoms with Crippen LogP contribution < -0.4 is 10.6 Å². The maximum Gasteiger partial charge on any atom is 0.243 e. The molecule has 0 saturated carbocycles. The summed E-state index contributed by atoms with van der Waals surface area (Å²) in [6, 6.07) is 12.8. The summed E-state index contributed by atoms with van der Waals surface area (Å²) >= 11 is 1.75. The molecule has 0 fully saturated rings. The van der Waals surface area contributed by atoms with E-state index in [1.165, 1.54) is 16.0 Å². The number of hydrogen-bond acceptors (Lipinski definition) is 3. The molecule has 0 aliphatic carbocycles. The molecule has 1 aromatic carbocycles. The molecule has 0 aliphatic rings. The van der Waals surface area contributed by atoms with Gasteiger partial charge in [0.2, 0.25) is 5.91 Å². The molecule has 0 spiro atoms. The van der Waals surface area contributed by atoms with E-state index in [9.17, 15) is 4.79 Å². The summed E-state index contributed by atoms with van der Waals surface area (Å²) < 4.78 is 0. The Bertz CT molecular complexity index is 723. The summed E-state index contributed by atoms with van der Waals surface area (Å²) in [6.45, 7) is 5.95. The highest BCUT2D eigenvalue weighted by molar-refractivity contribution is 7.09. The van der Waals surface area contributed by atoms with Crippen LogP contribution in [0.3, 0.4) is 0 Å². The van der Waals surface area contributed by atoms with Crippen molar-refractivity contribution in [3.63, 3.8) is 0 Å². The van der Waals surface area contributed by atoms with E-state index in [1.54, 1.807) is 30.3 Å². The first-order chi connectivity index (χ1) is 13.0. The lowest BCUT2D eigenvalue weighted by Gasteiger charge is -2.17. The highest BCUT2D eigenvalue weighted by Gasteiger charge is 2.08. The maximum atomic E-state index is 11.9. The first kappa shape index (κ1) is 21.0. The van der Waals surface area contributed by atoms with Crippen LogP contribution >= 0.6 is 11.3 Å². The van der Waals surface area contributed by atoms with Gasteiger partial charge in [-0.1, -0.05) is 42.8 Å². The van der Waals surface area contributed by atoms with E-state index < -0.39 is 0 Å². The van der Waals surface area contributed by atoms with Crippen molar-refractivity contribution in [3.8, 4) is 0 Å². The lowest BCUT2D eigenvalue weighted by molar-refractivity contribution is -0.127. The molecule has 6 heteroatoms. The van der Waals surface area contributed by atoms with Crippen molar-refractivity contribution in [2.75, 3.05) is 33.7 Å². The van der Waals surface area contributed by atoms with E-state index in [0.717, 1.165) is 19.5 Å². The molecule has 1 heterocycles. The number of aliphatic imine (C=N–C) groups is 1. The Labute approximate surface area is 166 Å². The highest BCUT2D eigenvalue weighted by Crippen LogP contribution is 2.14. The van der Waals surface area contributed by atoms with Crippen molar-refractivity contribution in [1.29, 1.82) is 0 Å². The first-order valence-electron chi connectivity index (χ1n) is 9.27. The van der Waals surface area contributed by atoms with Gasteiger partial charge in [0.1, 0.15) is 6.54 Å². The Morgan fingerprint density at radius 1 is 1.19 bits per heavy atom. The third kappa shape index (κ3) is 7.43. The minimum atomic E-state index is -0.0130. The van der Waals surface area contributed by atoms with Crippen LogP contribution in [0, 0.1) is 6.92 Å². The van der Waals surface area contributed by atoms with Crippen LogP contribution in [0.2, 0.25) is 0 Å². The quantitative estimate of drug-likeness (QED) is 0.542. The fraction of sp³-hybridized carbons (Fsp3) is 0.429. The fourth-order valence-corrected chi connectivity index (χ4v) is 3.19. The summed E-state index contributed by atoms with van der Waals surface area (Å²) in [4.78, 5) is 19.2. The average Bonchev–Trinajstić information content (AvgIpc) is 3.16. The Morgan fingerprint density at radius 3 is 2.56 bits per heavy atom. The van der Waals surface area contributed by atoms with Gasteiger partial charge in [0.15, 0.2) is 5.96 Å². The monoisotopic (exact) mass is 386 g/mol. The zero-order chi connectivity index (χ0) is 19.6. The topological polar surface area (TPSA) is 56.7 Å². The molecule has 1 amide bonds. The number of likely N-dealkylation sites (N-methyl/N-ethyl adjacent to an activating group) is 1. The largest absolute Gasteiger partial charge is 0.356 e. The van der Waals surface area contributed by atoms with E-state index in [-0.39, 0.29) is 12.5 Å². The van der Waals surface area contributed by atoms with E-state index in [0.29, 0.717) is 11.9 Å². The lowest BCUT2D eigenvalue weighted by atomic mass is 10.0. The molecule has 0 saturated heterocycles. The average molecular weight is 387 g/mol. The van der Waals surface area contributed by atoms with Crippen LogP contribution in [0.4, 0.5) is 0 Å². The summed E-state index contributed by atoms with van der Waals surface area (Å²) in [5.41, 5.74) is 2.55. The number of nitrogens with zero attached hydrogens (tertiary/aromatic N) is 2. The SMILES string of the molecule is Cc1ccc(C(C)CNC(=NCC(=O)N(C)C)NCCc2cccs2)cc1. The highest BCUT2D eigenvalue weighted by atomic mass is 32.1. The molecule has 2 rings (SSSR count). The van der Waals surface area contributed by atoms with E-state index in [2.05, 4.69) is 71.3 Å². The molecule has 0 radical (unpaired) electrons. The molecule has 0 aliphatic heterocycles. The number of amides is 1. The molecule has 27 heavy (non-hydrogen) atoms. The number of hydrogen-bond donors (Lipinski definition) is 2. The van der Waals surface area contributed by atoms with E-state index in [1.807, 2.05) is 0 Å². The minimum Gasteiger partial charge on any atom is -0.356 e. The second kappa shape index (κ2) is 10.7. The minimum absolute atomic E-state index is 0.0130. The fourth-order valence-electron chi connectivity index (χ4n) is 2.48. The molecule has 1 unspecified atom stereocenters. The number of aryl methyl sites for hydroxylation is 1. The third-order valence-electron chi connectivity index (χ3n) is 4.34. The molecule has 0 bridgehead atoms. The lowest BCUT2D eigenvalue weighted by Crippen LogP contribution is -2.41.